The van der Waals surface area contributed by atoms with Crippen LogP contribution in [0, 0.1) is 0 Å². The molecule has 0 spiro atoms. The van der Waals surface area contributed by atoms with Gasteiger partial charge in [-0.2, -0.15) is 0 Å². The van der Waals surface area contributed by atoms with Crippen LogP contribution in [0.25, 0.3) is 0 Å². The van der Waals surface area contributed by atoms with Gasteiger partial charge in [-0.25, -0.2) is 0 Å². The highest BCUT2D eigenvalue weighted by molar-refractivity contribution is 4.60. The Kier molecular flexibility index (Phi) is 10.8. The molecule has 0 aliphatic heterocycles. The highest BCUT2D eigenvalue weighted by Crippen LogP contribution is 1.89. The van der Waals surface area contributed by atoms with E-state index in [2.05, 4.69) is 10.6 Å². The van der Waals surface area contributed by atoms with Gasteiger partial charge in [-0.3, -0.25) is 0 Å². The fourth-order valence-electron chi connectivity index (χ4n) is 1.21. The Morgan fingerprint density at radius 2 is 1.86 bits per heavy atom. The zero-order valence-corrected chi connectivity index (χ0v) is 9.64. The van der Waals surface area contributed by atoms with Gasteiger partial charge in [0.05, 0.1) is 12.7 Å². The Labute approximate surface area is 87.4 Å². The Bertz CT molecular complexity index is 112. The van der Waals surface area contributed by atoms with E-state index in [9.17, 15) is 0 Å². The van der Waals surface area contributed by atoms with Gasteiger partial charge >= 0.3 is 0 Å². The van der Waals surface area contributed by atoms with Crippen molar-refractivity contribution >= 4 is 0 Å². The van der Waals surface area contributed by atoms with Crippen LogP contribution in [0.15, 0.2) is 0 Å². The zero-order valence-electron chi connectivity index (χ0n) is 9.64. The van der Waals surface area contributed by atoms with E-state index in [0.29, 0.717) is 6.61 Å². The molecule has 0 fully saturated rings. The van der Waals surface area contributed by atoms with E-state index in [0.717, 1.165) is 19.6 Å². The molecule has 4 nitrogen and oxygen atoms in total. The number of unbranched alkanes of at least 4 members (excludes halogenated alkanes) is 1. The van der Waals surface area contributed by atoms with Crippen molar-refractivity contribution < 1.29 is 9.47 Å². The maximum Gasteiger partial charge on any atom is 0.0928 e. The molecule has 0 aromatic heterocycles. The van der Waals surface area contributed by atoms with Crippen molar-refractivity contribution in [3.63, 3.8) is 0 Å². The monoisotopic (exact) mass is 204 g/mol. The van der Waals surface area contributed by atoms with E-state index >= 15 is 0 Å². The number of rotatable bonds is 10. The summed E-state index contributed by atoms with van der Waals surface area (Å²) in [5, 5.41) is 6.47. The SMILES string of the molecule is CNCCCCNCC(COC)OC. The Morgan fingerprint density at radius 3 is 2.43 bits per heavy atom. The lowest BCUT2D eigenvalue weighted by Crippen LogP contribution is -2.32. The predicted octanol–water partition coefficient (Wildman–Crippen LogP) is 0.237. The molecular formula is C10H24N2O2. The fourth-order valence-corrected chi connectivity index (χ4v) is 1.21. The van der Waals surface area contributed by atoms with Crippen LogP contribution >= 0.6 is 0 Å². The van der Waals surface area contributed by atoms with Crippen molar-refractivity contribution in [1.82, 2.24) is 10.6 Å². The Hall–Kier alpha value is -0.160. The lowest BCUT2D eigenvalue weighted by Gasteiger charge is -2.14. The van der Waals surface area contributed by atoms with Crippen molar-refractivity contribution in [2.75, 3.05) is 47.5 Å². The second-order valence-corrected chi connectivity index (χ2v) is 3.33. The van der Waals surface area contributed by atoms with E-state index in [-0.39, 0.29) is 6.10 Å². The van der Waals surface area contributed by atoms with Crippen LogP contribution < -0.4 is 10.6 Å². The standard InChI is InChI=1S/C10H24N2O2/c1-11-6-4-5-7-12-8-10(14-3)9-13-2/h10-12H,4-9H2,1-3H3. The molecule has 1 unspecified atom stereocenters. The smallest absolute Gasteiger partial charge is 0.0928 e. The molecule has 1 atom stereocenters. The summed E-state index contributed by atoms with van der Waals surface area (Å²) in [4.78, 5) is 0. The van der Waals surface area contributed by atoms with Crippen LogP contribution in [0.4, 0.5) is 0 Å². The molecule has 0 aliphatic rings. The average molecular weight is 204 g/mol. The Balaban J connectivity index is 3.15. The Morgan fingerprint density at radius 1 is 1.14 bits per heavy atom. The largest absolute Gasteiger partial charge is 0.382 e. The summed E-state index contributed by atoms with van der Waals surface area (Å²) >= 11 is 0. The normalized spacial score (nSPS) is 13.1. The van der Waals surface area contributed by atoms with Gasteiger partial charge in [-0.15, -0.1) is 0 Å². The first-order chi connectivity index (χ1) is 6.85. The van der Waals surface area contributed by atoms with E-state index in [1.54, 1.807) is 14.2 Å². The minimum atomic E-state index is 0.171. The molecule has 0 bridgehead atoms. The van der Waals surface area contributed by atoms with Gasteiger partial charge in [0.2, 0.25) is 0 Å². The molecular weight excluding hydrogens is 180 g/mol. The van der Waals surface area contributed by atoms with Crippen LogP contribution in [0.2, 0.25) is 0 Å². The first-order valence-corrected chi connectivity index (χ1v) is 5.22. The van der Waals surface area contributed by atoms with Gasteiger partial charge in [0.25, 0.3) is 0 Å². The van der Waals surface area contributed by atoms with Crippen LogP contribution in [-0.2, 0) is 9.47 Å². The molecule has 0 saturated heterocycles. The molecule has 86 valence electrons. The lowest BCUT2D eigenvalue weighted by molar-refractivity contribution is 0.0290. The molecule has 4 heteroatoms. The van der Waals surface area contributed by atoms with Crippen LogP contribution in [0.5, 0.6) is 0 Å². The van der Waals surface area contributed by atoms with E-state index in [4.69, 9.17) is 9.47 Å². The van der Waals surface area contributed by atoms with Gasteiger partial charge in [-0.1, -0.05) is 0 Å². The van der Waals surface area contributed by atoms with Crippen molar-refractivity contribution in [2.45, 2.75) is 18.9 Å². The highest BCUT2D eigenvalue weighted by atomic mass is 16.5. The van der Waals surface area contributed by atoms with Gasteiger partial charge in [0, 0.05) is 20.8 Å². The fraction of sp³-hybridized carbons (Fsp3) is 1.00. The maximum atomic E-state index is 5.22. The molecule has 0 saturated carbocycles. The number of hydrogen-bond donors (Lipinski definition) is 2. The third-order valence-corrected chi connectivity index (χ3v) is 2.09. The molecule has 0 aromatic carbocycles. The molecule has 0 aromatic rings. The second kappa shape index (κ2) is 10.9. The molecule has 0 radical (unpaired) electrons. The van der Waals surface area contributed by atoms with E-state index in [1.165, 1.54) is 12.8 Å². The third-order valence-electron chi connectivity index (χ3n) is 2.09. The molecule has 0 aliphatic carbocycles. The summed E-state index contributed by atoms with van der Waals surface area (Å²) in [5.74, 6) is 0. The molecule has 0 heterocycles. The minimum Gasteiger partial charge on any atom is -0.382 e. The summed E-state index contributed by atoms with van der Waals surface area (Å²) < 4.78 is 10.2. The van der Waals surface area contributed by atoms with Gasteiger partial charge in [-0.05, 0) is 33.0 Å². The number of nitrogens with one attached hydrogen (secondary N) is 2. The summed E-state index contributed by atoms with van der Waals surface area (Å²) in [6.45, 7) is 3.66. The van der Waals surface area contributed by atoms with Crippen molar-refractivity contribution in [2.24, 2.45) is 0 Å². The second-order valence-electron chi connectivity index (χ2n) is 3.33. The molecule has 0 amide bonds. The topological polar surface area (TPSA) is 42.5 Å². The summed E-state index contributed by atoms with van der Waals surface area (Å²) in [7, 11) is 5.39. The lowest BCUT2D eigenvalue weighted by atomic mass is 10.3. The zero-order chi connectivity index (χ0) is 10.6. The van der Waals surface area contributed by atoms with Gasteiger partial charge in [0.1, 0.15) is 0 Å². The highest BCUT2D eigenvalue weighted by Gasteiger charge is 2.04. The number of hydrogen-bond acceptors (Lipinski definition) is 4. The first kappa shape index (κ1) is 13.8. The third kappa shape index (κ3) is 8.44. The minimum absolute atomic E-state index is 0.171. The quantitative estimate of drug-likeness (QED) is 0.500. The molecule has 0 rings (SSSR count). The van der Waals surface area contributed by atoms with Crippen LogP contribution in [0.3, 0.4) is 0 Å². The van der Waals surface area contributed by atoms with Crippen LogP contribution in [0.1, 0.15) is 12.8 Å². The maximum absolute atomic E-state index is 5.22. The predicted molar refractivity (Wildman–Crippen MR) is 58.7 cm³/mol. The van der Waals surface area contributed by atoms with Gasteiger partial charge < -0.3 is 20.1 Å². The van der Waals surface area contributed by atoms with Crippen molar-refractivity contribution in [3.05, 3.63) is 0 Å². The van der Waals surface area contributed by atoms with Crippen molar-refractivity contribution in [1.29, 1.82) is 0 Å². The summed E-state index contributed by atoms with van der Waals surface area (Å²) in [5.41, 5.74) is 0. The van der Waals surface area contributed by atoms with E-state index in [1.807, 2.05) is 7.05 Å². The first-order valence-electron chi connectivity index (χ1n) is 5.22. The van der Waals surface area contributed by atoms with E-state index < -0.39 is 0 Å². The summed E-state index contributed by atoms with van der Waals surface area (Å²) in [6.07, 6.45) is 2.58. The molecule has 2 N–H and O–H groups in total. The average Bonchev–Trinajstić information content (AvgIpc) is 2.21. The van der Waals surface area contributed by atoms with Crippen molar-refractivity contribution in [3.8, 4) is 0 Å². The number of ether oxygens (including phenoxy) is 2. The number of methoxy groups -OCH3 is 2. The van der Waals surface area contributed by atoms with Crippen LogP contribution in [-0.4, -0.2) is 53.6 Å². The molecule has 14 heavy (non-hydrogen) atoms. The summed E-state index contributed by atoms with van der Waals surface area (Å²) in [6, 6.07) is 0. The van der Waals surface area contributed by atoms with Gasteiger partial charge in [0.15, 0.2) is 0 Å².